The van der Waals surface area contributed by atoms with Gasteiger partial charge in [0.05, 0.1) is 7.11 Å². The predicted octanol–water partition coefficient (Wildman–Crippen LogP) is 3.21. The van der Waals surface area contributed by atoms with Gasteiger partial charge in [-0.3, -0.25) is 24.2 Å². The van der Waals surface area contributed by atoms with E-state index in [0.29, 0.717) is 15.7 Å². The topological polar surface area (TPSA) is 88.2 Å². The van der Waals surface area contributed by atoms with Crippen molar-refractivity contribution in [3.8, 4) is 11.5 Å². The zero-order valence-electron chi connectivity index (χ0n) is 17.8. The number of methoxy groups -OCH3 is 1. The number of nitrogens with one attached hydrogen (secondary N) is 1. The standard InChI is InChI=1S/C22H19BrFN3O5S/c1-26-20(29)15(21(30)27(2)22(26)33)8-12-9-17(31-3)18(10-16(12)23)32-11-19(28)25-14-6-4-13(24)5-7-14/h4-10H,11H2,1-3H3,(H,25,28). The molecule has 8 nitrogen and oxygen atoms in total. The highest BCUT2D eigenvalue weighted by Crippen LogP contribution is 2.35. The lowest BCUT2D eigenvalue weighted by Crippen LogP contribution is -2.52. The van der Waals surface area contributed by atoms with Crippen molar-refractivity contribution in [2.45, 2.75) is 0 Å². The van der Waals surface area contributed by atoms with Crippen LogP contribution in [0.2, 0.25) is 0 Å². The van der Waals surface area contributed by atoms with E-state index in [2.05, 4.69) is 21.2 Å². The molecule has 0 unspecified atom stereocenters. The fourth-order valence-electron chi connectivity index (χ4n) is 2.94. The molecule has 1 aliphatic rings. The molecule has 11 heteroatoms. The van der Waals surface area contributed by atoms with Crippen LogP contribution in [0, 0.1) is 5.82 Å². The number of carbonyl (C=O) groups excluding carboxylic acids is 3. The maximum Gasteiger partial charge on any atom is 0.265 e. The first-order valence-corrected chi connectivity index (χ1v) is 10.7. The molecule has 3 rings (SSSR count). The second-order valence-corrected chi connectivity index (χ2v) is 8.16. The van der Waals surface area contributed by atoms with Gasteiger partial charge in [-0.25, -0.2) is 4.39 Å². The van der Waals surface area contributed by atoms with Gasteiger partial charge in [-0.15, -0.1) is 0 Å². The first-order chi connectivity index (χ1) is 15.6. The van der Waals surface area contributed by atoms with Crippen LogP contribution in [0.4, 0.5) is 10.1 Å². The molecule has 0 spiro atoms. The first-order valence-electron chi connectivity index (χ1n) is 9.50. The van der Waals surface area contributed by atoms with Crippen LogP contribution in [-0.4, -0.2) is 60.4 Å². The Labute approximate surface area is 203 Å². The van der Waals surface area contributed by atoms with E-state index in [4.69, 9.17) is 21.7 Å². The molecule has 33 heavy (non-hydrogen) atoms. The molecule has 1 aliphatic heterocycles. The average Bonchev–Trinajstić information content (AvgIpc) is 2.80. The molecule has 0 radical (unpaired) electrons. The SMILES string of the molecule is COc1cc(C=C2C(=O)N(C)C(=S)N(C)C2=O)c(Br)cc1OCC(=O)Nc1ccc(F)cc1. The zero-order valence-corrected chi connectivity index (χ0v) is 20.3. The summed E-state index contributed by atoms with van der Waals surface area (Å²) in [6.45, 7) is -0.329. The molecule has 3 amide bonds. The minimum absolute atomic E-state index is 0.0660. The molecular weight excluding hydrogens is 517 g/mol. The summed E-state index contributed by atoms with van der Waals surface area (Å²) in [4.78, 5) is 39.7. The number of carbonyl (C=O) groups is 3. The zero-order chi connectivity index (χ0) is 24.3. The van der Waals surface area contributed by atoms with E-state index in [1.807, 2.05) is 0 Å². The molecule has 2 aromatic carbocycles. The minimum Gasteiger partial charge on any atom is -0.493 e. The van der Waals surface area contributed by atoms with Crippen LogP contribution in [0.5, 0.6) is 11.5 Å². The predicted molar refractivity (Wildman–Crippen MR) is 127 cm³/mol. The van der Waals surface area contributed by atoms with Crippen molar-refractivity contribution >= 4 is 62.7 Å². The first kappa shape index (κ1) is 24.3. The second-order valence-electron chi connectivity index (χ2n) is 6.94. The Morgan fingerprint density at radius 1 is 1.12 bits per heavy atom. The monoisotopic (exact) mass is 535 g/mol. The number of amides is 3. The summed E-state index contributed by atoms with van der Waals surface area (Å²) in [5.41, 5.74) is 0.848. The lowest BCUT2D eigenvalue weighted by Gasteiger charge is -2.31. The van der Waals surface area contributed by atoms with E-state index in [0.717, 1.165) is 0 Å². The highest BCUT2D eigenvalue weighted by atomic mass is 79.9. The van der Waals surface area contributed by atoms with E-state index in [1.165, 1.54) is 61.3 Å². The summed E-state index contributed by atoms with van der Waals surface area (Å²) in [6.07, 6.45) is 1.43. The van der Waals surface area contributed by atoms with Crippen LogP contribution in [0.25, 0.3) is 6.08 Å². The Kier molecular flexibility index (Phi) is 7.44. The molecule has 0 aromatic heterocycles. The van der Waals surface area contributed by atoms with Crippen LogP contribution < -0.4 is 14.8 Å². The van der Waals surface area contributed by atoms with Crippen molar-refractivity contribution in [1.29, 1.82) is 0 Å². The van der Waals surface area contributed by atoms with Crippen LogP contribution in [-0.2, 0) is 14.4 Å². The van der Waals surface area contributed by atoms with Gasteiger partial charge in [0, 0.05) is 24.3 Å². The van der Waals surface area contributed by atoms with Crippen LogP contribution in [0.15, 0.2) is 46.4 Å². The molecule has 0 atom stereocenters. The van der Waals surface area contributed by atoms with Gasteiger partial charge in [-0.05, 0) is 60.3 Å². The number of benzene rings is 2. The summed E-state index contributed by atoms with van der Waals surface area (Å²) in [5, 5.41) is 2.70. The number of rotatable bonds is 6. The smallest absolute Gasteiger partial charge is 0.265 e. The maximum atomic E-state index is 13.0. The van der Waals surface area contributed by atoms with Crippen LogP contribution in [0.1, 0.15) is 5.56 Å². The lowest BCUT2D eigenvalue weighted by molar-refractivity contribution is -0.132. The van der Waals surface area contributed by atoms with Crippen molar-refractivity contribution in [2.75, 3.05) is 33.1 Å². The molecule has 0 bridgehead atoms. The Bertz CT molecular complexity index is 1140. The van der Waals surface area contributed by atoms with Crippen LogP contribution >= 0.6 is 28.1 Å². The Morgan fingerprint density at radius 3 is 2.30 bits per heavy atom. The molecule has 0 saturated carbocycles. The number of hydrogen-bond donors (Lipinski definition) is 1. The van der Waals surface area contributed by atoms with E-state index >= 15 is 0 Å². The molecule has 2 aromatic rings. The van der Waals surface area contributed by atoms with Gasteiger partial charge in [0.25, 0.3) is 17.7 Å². The van der Waals surface area contributed by atoms with Gasteiger partial charge in [-0.2, -0.15) is 0 Å². The number of nitrogens with zero attached hydrogens (tertiary/aromatic N) is 2. The van der Waals surface area contributed by atoms with Crippen molar-refractivity contribution in [2.24, 2.45) is 0 Å². The quantitative estimate of drug-likeness (QED) is 0.347. The Hall–Kier alpha value is -3.31. The summed E-state index contributed by atoms with van der Waals surface area (Å²) in [5.74, 6) is -1.36. The van der Waals surface area contributed by atoms with Gasteiger partial charge < -0.3 is 14.8 Å². The number of hydrogen-bond acceptors (Lipinski definition) is 6. The van der Waals surface area contributed by atoms with Gasteiger partial charge in [0.2, 0.25) is 0 Å². The number of ether oxygens (including phenoxy) is 2. The fraction of sp³-hybridized carbons (Fsp3) is 0.182. The van der Waals surface area contributed by atoms with E-state index < -0.39 is 23.5 Å². The van der Waals surface area contributed by atoms with Crippen LogP contribution in [0.3, 0.4) is 0 Å². The van der Waals surface area contributed by atoms with Gasteiger partial charge in [0.15, 0.2) is 23.2 Å². The highest BCUT2D eigenvalue weighted by molar-refractivity contribution is 9.10. The summed E-state index contributed by atoms with van der Waals surface area (Å²) >= 11 is 8.49. The molecule has 172 valence electrons. The third-order valence-corrected chi connectivity index (χ3v) is 5.95. The molecule has 1 fully saturated rings. The van der Waals surface area contributed by atoms with E-state index in [1.54, 1.807) is 12.1 Å². The van der Waals surface area contributed by atoms with Crippen molar-refractivity contribution < 1.29 is 28.2 Å². The van der Waals surface area contributed by atoms with Crippen molar-refractivity contribution in [1.82, 2.24) is 9.80 Å². The van der Waals surface area contributed by atoms with E-state index in [-0.39, 0.29) is 28.8 Å². The largest absolute Gasteiger partial charge is 0.493 e. The lowest BCUT2D eigenvalue weighted by atomic mass is 10.1. The van der Waals surface area contributed by atoms with Crippen molar-refractivity contribution in [3.05, 3.63) is 57.8 Å². The van der Waals surface area contributed by atoms with Gasteiger partial charge in [0.1, 0.15) is 11.4 Å². The third-order valence-electron chi connectivity index (χ3n) is 4.71. The van der Waals surface area contributed by atoms with Crippen molar-refractivity contribution in [3.63, 3.8) is 0 Å². The normalized spacial score (nSPS) is 13.8. The summed E-state index contributed by atoms with van der Waals surface area (Å²) in [6, 6.07) is 8.46. The number of thiocarbonyl (C=S) groups is 1. The molecule has 1 N–H and O–H groups in total. The number of halogens is 2. The Morgan fingerprint density at radius 2 is 1.73 bits per heavy atom. The second kappa shape index (κ2) is 10.1. The summed E-state index contributed by atoms with van der Waals surface area (Å²) in [7, 11) is 4.40. The van der Waals surface area contributed by atoms with Gasteiger partial charge in [-0.1, -0.05) is 15.9 Å². The maximum absolute atomic E-state index is 13.0. The fourth-order valence-corrected chi connectivity index (χ4v) is 3.54. The molecule has 0 aliphatic carbocycles. The number of likely N-dealkylation sites (N-methyl/N-ethyl adjacent to an activating group) is 2. The number of anilines is 1. The molecule has 1 saturated heterocycles. The third kappa shape index (κ3) is 5.37. The Balaban J connectivity index is 1.79. The summed E-state index contributed by atoms with van der Waals surface area (Å²) < 4.78 is 24.4. The average molecular weight is 536 g/mol. The van der Waals surface area contributed by atoms with Gasteiger partial charge >= 0.3 is 0 Å². The minimum atomic E-state index is -0.522. The molecular formula is C22H19BrFN3O5S. The van der Waals surface area contributed by atoms with E-state index in [9.17, 15) is 18.8 Å². The highest BCUT2D eigenvalue weighted by Gasteiger charge is 2.35. The molecule has 1 heterocycles.